The Kier molecular flexibility index (Phi) is 6.17. The van der Waals surface area contributed by atoms with Crippen LogP contribution in [0.3, 0.4) is 0 Å². The van der Waals surface area contributed by atoms with E-state index in [0.717, 1.165) is 8.95 Å². The highest BCUT2D eigenvalue weighted by Gasteiger charge is 2.33. The van der Waals surface area contributed by atoms with Gasteiger partial charge in [0.05, 0.1) is 10.8 Å². The number of nitrogens with zero attached hydrogens (tertiary/aromatic N) is 1. The van der Waals surface area contributed by atoms with Crippen LogP contribution >= 0.6 is 31.9 Å². The summed E-state index contributed by atoms with van der Waals surface area (Å²) in [5.74, 6) is -0.513. The standard InChI is InChI=1S/C18H18Br2N2O3S/c19-14-3-7-16(8-4-14)21-18(23)13-2-1-11-22(12-13)26(24,25)17-9-5-15(20)6-10-17/h3-10,13H,1-2,11-12H2,(H,21,23)/t13-/m1/s1. The molecule has 1 heterocycles. The van der Waals surface area contributed by atoms with Crippen molar-refractivity contribution in [1.82, 2.24) is 4.31 Å². The van der Waals surface area contributed by atoms with Crippen LogP contribution in [0.5, 0.6) is 0 Å². The first kappa shape index (κ1) is 19.5. The van der Waals surface area contributed by atoms with Gasteiger partial charge in [-0.1, -0.05) is 31.9 Å². The lowest BCUT2D eigenvalue weighted by molar-refractivity contribution is -0.120. The van der Waals surface area contributed by atoms with Crippen molar-refractivity contribution in [3.8, 4) is 0 Å². The average molecular weight is 502 g/mol. The molecule has 2 aromatic rings. The van der Waals surface area contributed by atoms with Gasteiger partial charge in [0.25, 0.3) is 0 Å². The Bertz CT molecular complexity index is 884. The Balaban J connectivity index is 1.71. The number of carbonyl (C=O) groups is 1. The van der Waals surface area contributed by atoms with Crippen molar-refractivity contribution < 1.29 is 13.2 Å². The van der Waals surface area contributed by atoms with Gasteiger partial charge in [0.1, 0.15) is 0 Å². The van der Waals surface area contributed by atoms with Gasteiger partial charge in [0, 0.05) is 27.7 Å². The number of sulfonamides is 1. The van der Waals surface area contributed by atoms with Crippen molar-refractivity contribution in [2.75, 3.05) is 18.4 Å². The summed E-state index contributed by atoms with van der Waals surface area (Å²) < 4.78 is 28.8. The lowest BCUT2D eigenvalue weighted by Crippen LogP contribution is -2.43. The second-order valence-corrected chi connectivity index (χ2v) is 9.92. The maximum Gasteiger partial charge on any atom is 0.243 e. The lowest BCUT2D eigenvalue weighted by Gasteiger charge is -2.31. The highest BCUT2D eigenvalue weighted by Crippen LogP contribution is 2.26. The van der Waals surface area contributed by atoms with Crippen LogP contribution in [0.25, 0.3) is 0 Å². The second-order valence-electron chi connectivity index (χ2n) is 6.15. The largest absolute Gasteiger partial charge is 0.326 e. The maximum absolute atomic E-state index is 12.8. The molecule has 1 aliphatic rings. The topological polar surface area (TPSA) is 66.5 Å². The monoisotopic (exact) mass is 500 g/mol. The second kappa shape index (κ2) is 8.21. The number of amides is 1. The van der Waals surface area contributed by atoms with Gasteiger partial charge in [-0.15, -0.1) is 0 Å². The molecule has 0 bridgehead atoms. The zero-order chi connectivity index (χ0) is 18.7. The molecule has 0 saturated carbocycles. The first-order chi connectivity index (χ1) is 12.4. The number of halogens is 2. The summed E-state index contributed by atoms with van der Waals surface area (Å²) in [6.45, 7) is 0.626. The number of hydrogen-bond acceptors (Lipinski definition) is 3. The fraction of sp³-hybridized carbons (Fsp3) is 0.278. The molecule has 1 amide bonds. The molecule has 3 rings (SSSR count). The third-order valence-corrected chi connectivity index (χ3v) is 7.25. The van der Waals surface area contributed by atoms with Crippen LogP contribution in [0.1, 0.15) is 12.8 Å². The summed E-state index contributed by atoms with van der Waals surface area (Å²) in [6, 6.07) is 13.9. The number of nitrogens with one attached hydrogen (secondary N) is 1. The zero-order valence-electron chi connectivity index (χ0n) is 13.9. The van der Waals surface area contributed by atoms with Gasteiger partial charge >= 0.3 is 0 Å². The fourth-order valence-electron chi connectivity index (χ4n) is 2.91. The fourth-order valence-corrected chi connectivity index (χ4v) is 4.96. The van der Waals surface area contributed by atoms with Crippen molar-refractivity contribution >= 4 is 53.5 Å². The Morgan fingerprint density at radius 2 is 1.58 bits per heavy atom. The molecule has 1 fully saturated rings. The quantitative estimate of drug-likeness (QED) is 0.680. The van der Waals surface area contributed by atoms with Crippen molar-refractivity contribution in [1.29, 1.82) is 0 Å². The maximum atomic E-state index is 12.8. The highest BCUT2D eigenvalue weighted by atomic mass is 79.9. The SMILES string of the molecule is O=C(Nc1ccc(Br)cc1)[C@@H]1CCCN(S(=O)(=O)c2ccc(Br)cc2)C1. The summed E-state index contributed by atoms with van der Waals surface area (Å²) in [5, 5.41) is 2.87. The molecule has 0 radical (unpaired) electrons. The van der Waals surface area contributed by atoms with Gasteiger partial charge in [-0.25, -0.2) is 8.42 Å². The zero-order valence-corrected chi connectivity index (χ0v) is 17.8. The van der Waals surface area contributed by atoms with Crippen molar-refractivity contribution in [2.45, 2.75) is 17.7 Å². The van der Waals surface area contributed by atoms with E-state index in [2.05, 4.69) is 37.2 Å². The summed E-state index contributed by atoms with van der Waals surface area (Å²) in [7, 11) is -3.60. The van der Waals surface area contributed by atoms with Gasteiger partial charge in [0.15, 0.2) is 0 Å². The van der Waals surface area contributed by atoms with Crippen LogP contribution in [0.15, 0.2) is 62.4 Å². The Morgan fingerprint density at radius 3 is 2.19 bits per heavy atom. The summed E-state index contributed by atoms with van der Waals surface area (Å²) in [6.07, 6.45) is 1.34. The highest BCUT2D eigenvalue weighted by molar-refractivity contribution is 9.10. The van der Waals surface area contributed by atoms with Gasteiger partial charge in [-0.3, -0.25) is 4.79 Å². The molecule has 1 atom stereocenters. The molecule has 8 heteroatoms. The van der Waals surface area contributed by atoms with Crippen molar-refractivity contribution in [3.63, 3.8) is 0 Å². The molecule has 0 aliphatic carbocycles. The minimum atomic E-state index is -3.60. The molecule has 0 aromatic heterocycles. The average Bonchev–Trinajstić information content (AvgIpc) is 2.64. The number of anilines is 1. The molecule has 2 aromatic carbocycles. The minimum absolute atomic E-state index is 0.150. The van der Waals surface area contributed by atoms with Gasteiger partial charge < -0.3 is 5.32 Å². The minimum Gasteiger partial charge on any atom is -0.326 e. The van der Waals surface area contributed by atoms with Crippen molar-refractivity contribution in [2.24, 2.45) is 5.92 Å². The third kappa shape index (κ3) is 4.54. The van der Waals surface area contributed by atoms with Crippen LogP contribution < -0.4 is 5.32 Å². The third-order valence-electron chi connectivity index (χ3n) is 4.32. The van der Waals surface area contributed by atoms with Crippen molar-refractivity contribution in [3.05, 3.63) is 57.5 Å². The number of benzene rings is 2. The Morgan fingerprint density at radius 1 is 1.00 bits per heavy atom. The molecular weight excluding hydrogens is 484 g/mol. The summed E-state index contributed by atoms with van der Waals surface area (Å²) in [5.41, 5.74) is 0.700. The van der Waals surface area contributed by atoms with E-state index in [1.54, 1.807) is 36.4 Å². The number of carbonyl (C=O) groups excluding carboxylic acids is 1. The smallest absolute Gasteiger partial charge is 0.243 e. The van der Waals surface area contributed by atoms with Crippen LogP contribution in [0.2, 0.25) is 0 Å². The Hall–Kier alpha value is -1.22. The van der Waals surface area contributed by atoms with E-state index in [4.69, 9.17) is 0 Å². The van der Waals surface area contributed by atoms with E-state index in [1.807, 2.05) is 12.1 Å². The number of rotatable bonds is 4. The van der Waals surface area contributed by atoms with Crippen LogP contribution in [-0.4, -0.2) is 31.7 Å². The molecule has 1 N–H and O–H groups in total. The molecular formula is C18H18Br2N2O3S. The van der Waals surface area contributed by atoms with E-state index in [9.17, 15) is 13.2 Å². The molecule has 1 aliphatic heterocycles. The molecule has 0 unspecified atom stereocenters. The molecule has 138 valence electrons. The summed E-state index contributed by atoms with van der Waals surface area (Å²) >= 11 is 6.66. The van der Waals surface area contributed by atoms with Gasteiger partial charge in [-0.05, 0) is 61.4 Å². The normalized spacial score (nSPS) is 18.5. The van der Waals surface area contributed by atoms with Gasteiger partial charge in [-0.2, -0.15) is 4.31 Å². The van der Waals surface area contributed by atoms with Crippen LogP contribution in [0.4, 0.5) is 5.69 Å². The number of piperidine rings is 1. The van der Waals surface area contributed by atoms with E-state index in [0.29, 0.717) is 25.1 Å². The van der Waals surface area contributed by atoms with Crippen LogP contribution in [-0.2, 0) is 14.8 Å². The predicted molar refractivity (Wildman–Crippen MR) is 108 cm³/mol. The predicted octanol–water partition coefficient (Wildman–Crippen LogP) is 4.25. The lowest BCUT2D eigenvalue weighted by atomic mass is 9.99. The first-order valence-corrected chi connectivity index (χ1v) is 11.2. The molecule has 0 spiro atoms. The molecule has 26 heavy (non-hydrogen) atoms. The van der Waals surface area contributed by atoms with E-state index < -0.39 is 10.0 Å². The molecule has 5 nitrogen and oxygen atoms in total. The summed E-state index contributed by atoms with van der Waals surface area (Å²) in [4.78, 5) is 12.8. The van der Waals surface area contributed by atoms with Crippen LogP contribution in [0, 0.1) is 5.92 Å². The Labute approximate surface area is 170 Å². The van der Waals surface area contributed by atoms with E-state index in [-0.39, 0.29) is 23.3 Å². The first-order valence-electron chi connectivity index (χ1n) is 8.18. The van der Waals surface area contributed by atoms with E-state index >= 15 is 0 Å². The van der Waals surface area contributed by atoms with Gasteiger partial charge in [0.2, 0.25) is 15.9 Å². The molecule has 1 saturated heterocycles. The van der Waals surface area contributed by atoms with E-state index in [1.165, 1.54) is 4.31 Å². The number of hydrogen-bond donors (Lipinski definition) is 1.